The SMILES string of the molecule is CN1CCN(Cc2nc(N)nc(Nc3ccc(Oc4ccccc4)cc3)n2)CC1. The average molecular weight is 391 g/mol. The number of nitrogens with one attached hydrogen (secondary N) is 1. The van der Waals surface area contributed by atoms with Crippen LogP contribution in [0.3, 0.4) is 0 Å². The lowest BCUT2D eigenvalue weighted by Crippen LogP contribution is -2.44. The van der Waals surface area contributed by atoms with Gasteiger partial charge in [-0.25, -0.2) is 0 Å². The summed E-state index contributed by atoms with van der Waals surface area (Å²) in [4.78, 5) is 17.7. The van der Waals surface area contributed by atoms with E-state index in [1.165, 1.54) is 0 Å². The van der Waals surface area contributed by atoms with Gasteiger partial charge in [-0.1, -0.05) is 18.2 Å². The summed E-state index contributed by atoms with van der Waals surface area (Å²) in [6.45, 7) is 4.74. The zero-order chi connectivity index (χ0) is 20.1. The van der Waals surface area contributed by atoms with Crippen molar-refractivity contribution in [1.82, 2.24) is 24.8 Å². The van der Waals surface area contributed by atoms with Crippen LogP contribution in [0.15, 0.2) is 54.6 Å². The summed E-state index contributed by atoms with van der Waals surface area (Å²) in [5.41, 5.74) is 6.75. The molecule has 0 aliphatic carbocycles. The molecule has 2 aromatic carbocycles. The Labute approximate surface area is 170 Å². The van der Waals surface area contributed by atoms with Gasteiger partial charge in [0, 0.05) is 31.9 Å². The van der Waals surface area contributed by atoms with Crippen LogP contribution < -0.4 is 15.8 Å². The number of nitrogen functional groups attached to an aromatic ring is 1. The molecule has 1 aliphatic rings. The number of para-hydroxylation sites is 1. The molecule has 0 bridgehead atoms. The monoisotopic (exact) mass is 391 g/mol. The standard InChI is InChI=1S/C21H25N7O/c1-27-11-13-28(14-12-27)15-19-24-20(22)26-21(25-19)23-16-7-9-18(10-8-16)29-17-5-3-2-4-6-17/h2-10H,11-15H2,1H3,(H3,22,23,24,25,26). The van der Waals surface area contributed by atoms with E-state index in [4.69, 9.17) is 10.5 Å². The number of piperazine rings is 1. The van der Waals surface area contributed by atoms with Crippen LogP contribution in [0, 0.1) is 0 Å². The second-order valence-corrected chi connectivity index (χ2v) is 7.08. The smallest absolute Gasteiger partial charge is 0.232 e. The number of likely N-dealkylation sites (N-methyl/N-ethyl adjacent to an activating group) is 1. The van der Waals surface area contributed by atoms with Gasteiger partial charge in [-0.15, -0.1) is 0 Å². The van der Waals surface area contributed by atoms with Gasteiger partial charge in [0.05, 0.1) is 6.54 Å². The van der Waals surface area contributed by atoms with Crippen LogP contribution in [0.5, 0.6) is 11.5 Å². The molecule has 0 amide bonds. The Morgan fingerprint density at radius 1 is 0.897 bits per heavy atom. The lowest BCUT2D eigenvalue weighted by Gasteiger charge is -2.31. The number of hydrogen-bond donors (Lipinski definition) is 2. The number of benzene rings is 2. The largest absolute Gasteiger partial charge is 0.457 e. The number of nitrogens with zero attached hydrogens (tertiary/aromatic N) is 5. The third kappa shape index (κ3) is 5.40. The molecule has 4 rings (SSSR count). The van der Waals surface area contributed by atoms with Gasteiger partial charge >= 0.3 is 0 Å². The Kier molecular flexibility index (Phi) is 5.83. The Morgan fingerprint density at radius 2 is 1.59 bits per heavy atom. The van der Waals surface area contributed by atoms with Crippen molar-refractivity contribution in [2.75, 3.05) is 44.3 Å². The quantitative estimate of drug-likeness (QED) is 0.663. The topological polar surface area (TPSA) is 92.4 Å². The predicted molar refractivity (Wildman–Crippen MR) is 113 cm³/mol. The fraction of sp³-hybridized carbons (Fsp3) is 0.286. The highest BCUT2D eigenvalue weighted by Crippen LogP contribution is 2.23. The molecule has 0 unspecified atom stereocenters. The zero-order valence-electron chi connectivity index (χ0n) is 16.5. The molecule has 2 heterocycles. The highest BCUT2D eigenvalue weighted by Gasteiger charge is 2.16. The minimum Gasteiger partial charge on any atom is -0.457 e. The minimum atomic E-state index is 0.218. The van der Waals surface area contributed by atoms with E-state index in [-0.39, 0.29) is 5.95 Å². The summed E-state index contributed by atoms with van der Waals surface area (Å²) in [6, 6.07) is 17.3. The van der Waals surface area contributed by atoms with Crippen molar-refractivity contribution < 1.29 is 4.74 Å². The van der Waals surface area contributed by atoms with Crippen LogP contribution in [0.1, 0.15) is 5.82 Å². The van der Waals surface area contributed by atoms with Crippen molar-refractivity contribution >= 4 is 17.6 Å². The van der Waals surface area contributed by atoms with Gasteiger partial charge in [-0.05, 0) is 43.4 Å². The molecule has 0 atom stereocenters. The lowest BCUT2D eigenvalue weighted by molar-refractivity contribution is 0.145. The lowest BCUT2D eigenvalue weighted by atomic mass is 10.3. The molecule has 150 valence electrons. The summed E-state index contributed by atoms with van der Waals surface area (Å²) in [6.07, 6.45) is 0. The highest BCUT2D eigenvalue weighted by molar-refractivity contribution is 5.55. The van der Waals surface area contributed by atoms with Crippen LogP contribution >= 0.6 is 0 Å². The molecular weight excluding hydrogens is 366 g/mol. The molecule has 1 saturated heterocycles. The molecule has 29 heavy (non-hydrogen) atoms. The number of anilines is 3. The van der Waals surface area contributed by atoms with Gasteiger partial charge < -0.3 is 20.7 Å². The molecule has 3 aromatic rings. The predicted octanol–water partition coefficient (Wildman–Crippen LogP) is 2.74. The normalized spacial score (nSPS) is 15.2. The zero-order valence-corrected chi connectivity index (χ0v) is 16.5. The van der Waals surface area contributed by atoms with E-state index in [0.29, 0.717) is 18.3 Å². The van der Waals surface area contributed by atoms with Gasteiger partial charge in [-0.3, -0.25) is 4.90 Å². The van der Waals surface area contributed by atoms with Crippen LogP contribution in [0.25, 0.3) is 0 Å². The number of nitrogens with two attached hydrogens (primary N) is 1. The van der Waals surface area contributed by atoms with Crippen molar-refractivity contribution in [3.05, 3.63) is 60.4 Å². The van der Waals surface area contributed by atoms with Crippen LogP contribution in [-0.2, 0) is 6.54 Å². The number of ether oxygens (including phenoxy) is 1. The Hall–Kier alpha value is -3.23. The average Bonchev–Trinajstić information content (AvgIpc) is 2.72. The van der Waals surface area contributed by atoms with Crippen LogP contribution in [0.2, 0.25) is 0 Å². The maximum atomic E-state index is 5.90. The van der Waals surface area contributed by atoms with Gasteiger partial charge in [0.25, 0.3) is 0 Å². The number of aromatic nitrogens is 3. The molecule has 3 N–H and O–H groups in total. The molecular formula is C21H25N7O. The molecule has 1 aliphatic heterocycles. The highest BCUT2D eigenvalue weighted by atomic mass is 16.5. The second kappa shape index (κ2) is 8.85. The minimum absolute atomic E-state index is 0.218. The Balaban J connectivity index is 1.40. The maximum Gasteiger partial charge on any atom is 0.232 e. The van der Waals surface area contributed by atoms with Crippen molar-refractivity contribution in [3.63, 3.8) is 0 Å². The van der Waals surface area contributed by atoms with Gasteiger partial charge in [0.2, 0.25) is 11.9 Å². The molecule has 0 saturated carbocycles. The number of rotatable bonds is 6. The van der Waals surface area contributed by atoms with Gasteiger partial charge in [0.15, 0.2) is 0 Å². The molecule has 8 heteroatoms. The number of hydrogen-bond acceptors (Lipinski definition) is 8. The first-order chi connectivity index (χ1) is 14.1. The fourth-order valence-electron chi connectivity index (χ4n) is 3.13. The van der Waals surface area contributed by atoms with Crippen molar-refractivity contribution in [1.29, 1.82) is 0 Å². The Morgan fingerprint density at radius 3 is 2.31 bits per heavy atom. The van der Waals surface area contributed by atoms with Crippen molar-refractivity contribution in [2.45, 2.75) is 6.54 Å². The van der Waals surface area contributed by atoms with Crippen molar-refractivity contribution in [3.8, 4) is 11.5 Å². The third-order valence-corrected chi connectivity index (χ3v) is 4.75. The van der Waals surface area contributed by atoms with E-state index in [2.05, 4.69) is 37.1 Å². The molecule has 1 fully saturated rings. The van der Waals surface area contributed by atoms with Crippen LogP contribution in [0.4, 0.5) is 17.6 Å². The first kappa shape index (κ1) is 19.1. The van der Waals surface area contributed by atoms with E-state index in [9.17, 15) is 0 Å². The second-order valence-electron chi connectivity index (χ2n) is 7.08. The third-order valence-electron chi connectivity index (χ3n) is 4.75. The summed E-state index contributed by atoms with van der Waals surface area (Å²) in [5, 5.41) is 3.20. The van der Waals surface area contributed by atoms with E-state index in [0.717, 1.165) is 43.4 Å². The van der Waals surface area contributed by atoms with E-state index >= 15 is 0 Å². The Bertz CT molecular complexity index is 926. The first-order valence-electron chi connectivity index (χ1n) is 9.65. The molecule has 1 aromatic heterocycles. The van der Waals surface area contributed by atoms with Gasteiger partial charge in [0.1, 0.15) is 17.3 Å². The first-order valence-corrected chi connectivity index (χ1v) is 9.65. The molecule has 8 nitrogen and oxygen atoms in total. The fourth-order valence-corrected chi connectivity index (χ4v) is 3.13. The molecule has 0 spiro atoms. The van der Waals surface area contributed by atoms with Crippen LogP contribution in [-0.4, -0.2) is 58.0 Å². The summed E-state index contributed by atoms with van der Waals surface area (Å²) >= 11 is 0. The summed E-state index contributed by atoms with van der Waals surface area (Å²) in [7, 11) is 2.14. The van der Waals surface area contributed by atoms with E-state index in [1.54, 1.807) is 0 Å². The van der Waals surface area contributed by atoms with Crippen molar-refractivity contribution in [2.24, 2.45) is 0 Å². The maximum absolute atomic E-state index is 5.90. The van der Waals surface area contributed by atoms with Gasteiger partial charge in [-0.2, -0.15) is 15.0 Å². The molecule has 0 radical (unpaired) electrons. The summed E-state index contributed by atoms with van der Waals surface area (Å²) < 4.78 is 5.82. The van der Waals surface area contributed by atoms with E-state index < -0.39 is 0 Å². The summed E-state index contributed by atoms with van der Waals surface area (Å²) in [5.74, 6) is 2.89. The van der Waals surface area contributed by atoms with E-state index in [1.807, 2.05) is 54.6 Å².